The first-order chi connectivity index (χ1) is 17.3. The number of hydrogen-bond donors (Lipinski definition) is 3. The zero-order valence-corrected chi connectivity index (χ0v) is 21.2. The monoisotopic (exact) mass is 480 g/mol. The molecule has 3 heterocycles. The van der Waals surface area contributed by atoms with Gasteiger partial charge in [0.05, 0.1) is 17.4 Å². The van der Waals surface area contributed by atoms with Crippen molar-refractivity contribution in [2.45, 2.75) is 27.7 Å². The Bertz CT molecular complexity index is 1410. The maximum Gasteiger partial charge on any atom is 0.138 e. The number of H-pyrrole nitrogens is 1. The summed E-state index contributed by atoms with van der Waals surface area (Å²) in [6.45, 7) is 10.9. The molecule has 0 aliphatic carbocycles. The average molecular weight is 481 g/mol. The van der Waals surface area contributed by atoms with Crippen molar-refractivity contribution >= 4 is 34.4 Å². The Hall–Kier alpha value is -4.15. The molecule has 0 radical (unpaired) electrons. The largest absolute Gasteiger partial charge is 0.491 e. The standard InChI is InChI=1S/C29H32N6O/c1-20-25-9-10-34-27(25)8-7-26(20)35-28-22(16-33-17-23(28)14-30)6-5-21-13-24(18-32-15-21)36-12-11-31-19-29(2,3)4/h5-10,13,15-18,31,34H,11-12,19H2,1-4H3,(H,33,35). The fourth-order valence-electron chi connectivity index (χ4n) is 3.88. The van der Waals surface area contributed by atoms with Crippen molar-refractivity contribution in [3.05, 3.63) is 77.5 Å². The van der Waals surface area contributed by atoms with E-state index >= 15 is 0 Å². The van der Waals surface area contributed by atoms with Crippen LogP contribution >= 0.6 is 0 Å². The summed E-state index contributed by atoms with van der Waals surface area (Å²) >= 11 is 0. The van der Waals surface area contributed by atoms with E-state index in [2.05, 4.69) is 65.4 Å². The van der Waals surface area contributed by atoms with E-state index in [0.29, 0.717) is 23.6 Å². The molecule has 36 heavy (non-hydrogen) atoms. The third kappa shape index (κ3) is 6.29. The van der Waals surface area contributed by atoms with Gasteiger partial charge in [0.1, 0.15) is 18.4 Å². The lowest BCUT2D eigenvalue weighted by atomic mass is 9.97. The second kappa shape index (κ2) is 11.1. The maximum absolute atomic E-state index is 9.72. The van der Waals surface area contributed by atoms with Crippen molar-refractivity contribution in [3.8, 4) is 11.8 Å². The van der Waals surface area contributed by atoms with Crippen LogP contribution in [-0.2, 0) is 0 Å². The predicted octanol–water partition coefficient (Wildman–Crippen LogP) is 6.07. The summed E-state index contributed by atoms with van der Waals surface area (Å²) in [5, 5.41) is 17.7. The molecule has 4 aromatic rings. The number of aromatic nitrogens is 3. The van der Waals surface area contributed by atoms with Crippen LogP contribution in [0.1, 0.15) is 43.0 Å². The van der Waals surface area contributed by atoms with Crippen LogP contribution < -0.4 is 15.4 Å². The molecule has 0 spiro atoms. The Labute approximate surface area is 212 Å². The van der Waals surface area contributed by atoms with E-state index in [1.165, 1.54) is 0 Å². The van der Waals surface area contributed by atoms with E-state index in [0.717, 1.165) is 46.4 Å². The molecule has 0 fully saturated rings. The minimum Gasteiger partial charge on any atom is -0.491 e. The summed E-state index contributed by atoms with van der Waals surface area (Å²) in [5.74, 6) is 0.715. The lowest BCUT2D eigenvalue weighted by Crippen LogP contribution is -2.30. The van der Waals surface area contributed by atoms with E-state index in [9.17, 15) is 5.26 Å². The number of anilines is 2. The van der Waals surface area contributed by atoms with Gasteiger partial charge in [-0.3, -0.25) is 9.97 Å². The summed E-state index contributed by atoms with van der Waals surface area (Å²) in [6.07, 6.45) is 12.6. The number of aryl methyl sites for hydroxylation is 1. The summed E-state index contributed by atoms with van der Waals surface area (Å²) in [4.78, 5) is 11.8. The van der Waals surface area contributed by atoms with Crippen molar-refractivity contribution in [3.63, 3.8) is 0 Å². The first-order valence-electron chi connectivity index (χ1n) is 12.0. The molecule has 7 nitrogen and oxygen atoms in total. The van der Waals surface area contributed by atoms with Crippen LogP contribution in [0.4, 0.5) is 11.4 Å². The second-order valence-electron chi connectivity index (χ2n) is 9.94. The number of rotatable bonds is 9. The first-order valence-corrected chi connectivity index (χ1v) is 12.0. The van der Waals surface area contributed by atoms with Crippen LogP contribution in [0.25, 0.3) is 23.1 Å². The van der Waals surface area contributed by atoms with Crippen molar-refractivity contribution in [1.82, 2.24) is 20.3 Å². The van der Waals surface area contributed by atoms with Crippen molar-refractivity contribution < 1.29 is 4.74 Å². The number of fused-ring (bicyclic) bond motifs is 1. The molecule has 3 N–H and O–H groups in total. The lowest BCUT2D eigenvalue weighted by molar-refractivity contribution is 0.296. The Morgan fingerprint density at radius 2 is 1.92 bits per heavy atom. The smallest absolute Gasteiger partial charge is 0.138 e. The molecule has 0 saturated heterocycles. The number of benzene rings is 1. The molecule has 0 amide bonds. The van der Waals surface area contributed by atoms with Gasteiger partial charge in [0.25, 0.3) is 0 Å². The number of pyridine rings is 2. The minimum atomic E-state index is 0.241. The summed E-state index contributed by atoms with van der Waals surface area (Å²) in [6, 6.07) is 10.3. The summed E-state index contributed by atoms with van der Waals surface area (Å²) in [7, 11) is 0. The molecule has 3 aromatic heterocycles. The minimum absolute atomic E-state index is 0.241. The number of ether oxygens (including phenoxy) is 1. The van der Waals surface area contributed by atoms with Crippen LogP contribution in [0.3, 0.4) is 0 Å². The fourth-order valence-corrected chi connectivity index (χ4v) is 3.88. The number of hydrogen-bond acceptors (Lipinski definition) is 6. The third-order valence-electron chi connectivity index (χ3n) is 5.75. The van der Waals surface area contributed by atoms with Gasteiger partial charge in [-0.1, -0.05) is 32.9 Å². The van der Waals surface area contributed by atoms with E-state index in [-0.39, 0.29) is 5.41 Å². The zero-order chi connectivity index (χ0) is 25.5. The van der Waals surface area contributed by atoms with Gasteiger partial charge < -0.3 is 20.4 Å². The molecule has 0 bridgehead atoms. The molecule has 0 aliphatic rings. The lowest BCUT2D eigenvalue weighted by Gasteiger charge is -2.18. The highest BCUT2D eigenvalue weighted by atomic mass is 16.5. The highest BCUT2D eigenvalue weighted by Gasteiger charge is 2.11. The third-order valence-corrected chi connectivity index (χ3v) is 5.75. The highest BCUT2D eigenvalue weighted by molar-refractivity contribution is 5.90. The van der Waals surface area contributed by atoms with Gasteiger partial charge in [0.15, 0.2) is 0 Å². The number of nitriles is 1. The van der Waals surface area contributed by atoms with Gasteiger partial charge in [-0.05, 0) is 47.7 Å². The maximum atomic E-state index is 9.72. The molecule has 1 aromatic carbocycles. The van der Waals surface area contributed by atoms with Gasteiger partial charge in [-0.25, -0.2) is 0 Å². The van der Waals surface area contributed by atoms with Crippen molar-refractivity contribution in [2.75, 3.05) is 25.0 Å². The number of aromatic amines is 1. The Morgan fingerprint density at radius 3 is 2.72 bits per heavy atom. The van der Waals surface area contributed by atoms with Crippen LogP contribution in [0, 0.1) is 23.7 Å². The van der Waals surface area contributed by atoms with Gasteiger partial charge >= 0.3 is 0 Å². The summed E-state index contributed by atoms with van der Waals surface area (Å²) in [5.41, 5.74) is 6.26. The van der Waals surface area contributed by atoms with E-state index in [4.69, 9.17) is 4.74 Å². The Morgan fingerprint density at radius 1 is 1.08 bits per heavy atom. The first kappa shape index (κ1) is 25.0. The summed E-state index contributed by atoms with van der Waals surface area (Å²) < 4.78 is 5.87. The Balaban J connectivity index is 1.50. The van der Waals surface area contributed by atoms with Crippen LogP contribution in [0.15, 0.2) is 55.2 Å². The van der Waals surface area contributed by atoms with Crippen molar-refractivity contribution in [1.29, 1.82) is 5.26 Å². The molecular weight excluding hydrogens is 448 g/mol. The van der Waals surface area contributed by atoms with E-state index in [1.54, 1.807) is 24.8 Å². The Kier molecular flexibility index (Phi) is 7.67. The normalized spacial score (nSPS) is 11.6. The molecule has 0 saturated carbocycles. The SMILES string of the molecule is Cc1c(Nc2c(C#N)cncc2C=Cc2cncc(OCCNCC(C)(C)C)c2)ccc2[nH]ccc12. The van der Waals surface area contributed by atoms with Crippen molar-refractivity contribution in [2.24, 2.45) is 5.41 Å². The molecule has 0 aliphatic heterocycles. The molecule has 0 atom stereocenters. The topological polar surface area (TPSA) is 98.7 Å². The van der Waals surface area contributed by atoms with Crippen LogP contribution in [0.5, 0.6) is 5.75 Å². The quantitative estimate of drug-likeness (QED) is 0.252. The van der Waals surface area contributed by atoms with Gasteiger partial charge in [-0.15, -0.1) is 0 Å². The molecule has 4 rings (SSSR count). The predicted molar refractivity (Wildman–Crippen MR) is 146 cm³/mol. The van der Waals surface area contributed by atoms with Crippen LogP contribution in [-0.4, -0.2) is 34.6 Å². The fraction of sp³-hybridized carbons (Fsp3) is 0.276. The van der Waals surface area contributed by atoms with E-state index < -0.39 is 0 Å². The molecule has 7 heteroatoms. The molecular formula is C29H32N6O. The second-order valence-corrected chi connectivity index (χ2v) is 9.94. The molecule has 184 valence electrons. The zero-order valence-electron chi connectivity index (χ0n) is 21.2. The van der Waals surface area contributed by atoms with Gasteiger partial charge in [0, 0.05) is 60.0 Å². The van der Waals surface area contributed by atoms with E-state index in [1.807, 2.05) is 36.5 Å². The van der Waals surface area contributed by atoms with Crippen LogP contribution in [0.2, 0.25) is 0 Å². The number of nitrogens with zero attached hydrogens (tertiary/aromatic N) is 3. The van der Waals surface area contributed by atoms with Gasteiger partial charge in [0.2, 0.25) is 0 Å². The molecule has 0 unspecified atom stereocenters. The average Bonchev–Trinajstić information content (AvgIpc) is 3.34. The highest BCUT2D eigenvalue weighted by Crippen LogP contribution is 2.31. The van der Waals surface area contributed by atoms with Gasteiger partial charge in [-0.2, -0.15) is 5.26 Å². The number of nitrogens with one attached hydrogen (secondary N) is 3.